The monoisotopic (exact) mass is 530 g/mol. The fourth-order valence-electron chi connectivity index (χ4n) is 6.42. The van der Waals surface area contributed by atoms with E-state index in [0.717, 1.165) is 11.1 Å². The number of ether oxygens (including phenoxy) is 1. The van der Waals surface area contributed by atoms with Gasteiger partial charge in [-0.1, -0.05) is 68.5 Å². The Morgan fingerprint density at radius 2 is 1.85 bits per heavy atom. The van der Waals surface area contributed by atoms with Gasteiger partial charge in [-0.3, -0.25) is 19.3 Å². The molecule has 2 aromatic carbocycles. The summed E-state index contributed by atoms with van der Waals surface area (Å²) in [6.07, 6.45) is 1.42. The van der Waals surface area contributed by atoms with Gasteiger partial charge in [-0.15, -0.1) is 6.58 Å². The Labute approximate surface area is 228 Å². The number of nitrogens with one attached hydrogen (secondary N) is 1. The first-order chi connectivity index (χ1) is 18.7. The predicted molar refractivity (Wildman–Crippen MR) is 145 cm³/mol. The molecule has 2 aromatic rings. The fourth-order valence-corrected chi connectivity index (χ4v) is 6.42. The van der Waals surface area contributed by atoms with Crippen LogP contribution >= 0.6 is 0 Å². The molecule has 0 bridgehead atoms. The molecule has 3 N–H and O–H groups in total. The molecule has 2 fully saturated rings. The number of likely N-dealkylation sites (tertiary alicyclic amines) is 1. The van der Waals surface area contributed by atoms with Gasteiger partial charge in [0.05, 0.1) is 5.41 Å². The Kier molecular flexibility index (Phi) is 6.70. The van der Waals surface area contributed by atoms with Gasteiger partial charge in [0.15, 0.2) is 0 Å². The van der Waals surface area contributed by atoms with Gasteiger partial charge in [-0.2, -0.15) is 0 Å². The van der Waals surface area contributed by atoms with Crippen molar-refractivity contribution in [1.29, 1.82) is 0 Å². The number of amides is 4. The summed E-state index contributed by atoms with van der Waals surface area (Å²) in [6, 6.07) is 15.6. The van der Waals surface area contributed by atoms with E-state index in [4.69, 9.17) is 10.5 Å². The van der Waals surface area contributed by atoms with Crippen molar-refractivity contribution in [2.75, 3.05) is 18.4 Å². The third-order valence-corrected chi connectivity index (χ3v) is 8.45. The molecule has 5 rings (SSSR count). The smallest absolute Gasteiger partial charge is 0.411 e. The molecular formula is C30H34N4O5. The van der Waals surface area contributed by atoms with Crippen LogP contribution in [0, 0.1) is 11.8 Å². The number of carbonyl (C=O) groups excluding carboxylic acids is 4. The second-order valence-corrected chi connectivity index (χ2v) is 11.1. The van der Waals surface area contributed by atoms with Gasteiger partial charge < -0.3 is 20.7 Å². The number of fused-ring (bicyclic) bond motifs is 2. The SMILES string of the molecule is C=CCN(C(=O)OCc1ccccc1)C1(C(=O)N2C[C@]3(C[C@H]2C(N)=O)C(=O)Nc2ccccc23)CC1C(C)C. The van der Waals surface area contributed by atoms with Gasteiger partial charge >= 0.3 is 6.09 Å². The molecular weight excluding hydrogens is 496 g/mol. The van der Waals surface area contributed by atoms with Gasteiger partial charge in [0.2, 0.25) is 17.7 Å². The van der Waals surface area contributed by atoms with Gasteiger partial charge in [-0.05, 0) is 41.9 Å². The Morgan fingerprint density at radius 1 is 1.15 bits per heavy atom. The molecule has 4 amide bonds. The number of nitrogens with zero attached hydrogens (tertiary/aromatic N) is 2. The third-order valence-electron chi connectivity index (χ3n) is 8.45. The van der Waals surface area contributed by atoms with Crippen molar-refractivity contribution in [3.05, 3.63) is 78.4 Å². The van der Waals surface area contributed by atoms with E-state index in [2.05, 4.69) is 11.9 Å². The van der Waals surface area contributed by atoms with Crippen molar-refractivity contribution in [3.63, 3.8) is 0 Å². The summed E-state index contributed by atoms with van der Waals surface area (Å²) in [5.41, 5.74) is 5.73. The van der Waals surface area contributed by atoms with E-state index < -0.39 is 34.9 Å². The largest absolute Gasteiger partial charge is 0.445 e. The normalized spacial score (nSPS) is 26.7. The molecule has 1 saturated carbocycles. The Morgan fingerprint density at radius 3 is 2.49 bits per heavy atom. The number of primary amides is 1. The van der Waals surface area contributed by atoms with E-state index in [-0.39, 0.29) is 43.9 Å². The maximum absolute atomic E-state index is 14.5. The summed E-state index contributed by atoms with van der Waals surface area (Å²) in [5, 5.41) is 2.90. The van der Waals surface area contributed by atoms with Crippen LogP contribution in [0.5, 0.6) is 0 Å². The highest BCUT2D eigenvalue weighted by molar-refractivity contribution is 6.08. The lowest BCUT2D eigenvalue weighted by molar-refractivity contribution is -0.143. The first-order valence-corrected chi connectivity index (χ1v) is 13.3. The first kappa shape index (κ1) is 26.5. The first-order valence-electron chi connectivity index (χ1n) is 13.3. The van der Waals surface area contributed by atoms with Crippen LogP contribution in [0.15, 0.2) is 67.3 Å². The molecule has 1 saturated heterocycles. The van der Waals surface area contributed by atoms with Gasteiger partial charge in [0.1, 0.15) is 18.2 Å². The highest BCUT2D eigenvalue weighted by Crippen LogP contribution is 2.56. The Balaban J connectivity index is 1.49. The second kappa shape index (κ2) is 9.87. The molecule has 2 unspecified atom stereocenters. The maximum Gasteiger partial charge on any atom is 0.411 e. The van der Waals surface area contributed by atoms with Crippen LogP contribution in [0.1, 0.15) is 37.8 Å². The number of rotatable bonds is 8. The molecule has 2 heterocycles. The lowest BCUT2D eigenvalue weighted by Gasteiger charge is -2.36. The number of hydrogen-bond donors (Lipinski definition) is 2. The molecule has 9 nitrogen and oxygen atoms in total. The molecule has 39 heavy (non-hydrogen) atoms. The van der Waals surface area contributed by atoms with Crippen LogP contribution in [0.2, 0.25) is 0 Å². The number of para-hydroxylation sites is 1. The molecule has 0 aromatic heterocycles. The van der Waals surface area contributed by atoms with Crippen molar-refractivity contribution >= 4 is 29.5 Å². The maximum atomic E-state index is 14.5. The van der Waals surface area contributed by atoms with Crippen molar-refractivity contribution in [2.45, 2.75) is 50.3 Å². The summed E-state index contributed by atoms with van der Waals surface area (Å²) in [6.45, 7) is 7.94. The molecule has 2 aliphatic heterocycles. The third kappa shape index (κ3) is 4.26. The van der Waals surface area contributed by atoms with Crippen LogP contribution < -0.4 is 11.1 Å². The Hall–Kier alpha value is -4.14. The van der Waals surface area contributed by atoms with Crippen LogP contribution in [-0.4, -0.2) is 58.3 Å². The summed E-state index contributed by atoms with van der Waals surface area (Å²) >= 11 is 0. The van der Waals surface area contributed by atoms with E-state index in [0.29, 0.717) is 12.1 Å². The minimum absolute atomic E-state index is 0.00412. The molecule has 4 atom stereocenters. The number of anilines is 1. The second-order valence-electron chi connectivity index (χ2n) is 11.1. The van der Waals surface area contributed by atoms with Crippen molar-refractivity contribution in [3.8, 4) is 0 Å². The predicted octanol–water partition coefficient (Wildman–Crippen LogP) is 3.20. The molecule has 1 aliphatic carbocycles. The van der Waals surface area contributed by atoms with E-state index in [1.165, 1.54) is 9.80 Å². The lowest BCUT2D eigenvalue weighted by atomic mass is 9.79. The standard InChI is InChI=1S/C30H34N4O5/c1-4-14-34(28(38)39-17-20-10-6-5-7-11-20)30(15-22(30)19(2)3)27(37)33-18-29(16-24(33)25(31)35)21-12-8-9-13-23(21)32-26(29)36/h4-13,19,22,24H,1,14-18H2,2-3H3,(H2,31,35)(H,32,36)/t22?,24-,29-,30?/m0/s1. The summed E-state index contributed by atoms with van der Waals surface area (Å²) in [4.78, 5) is 56.9. The van der Waals surface area contributed by atoms with Crippen molar-refractivity contribution in [2.24, 2.45) is 17.6 Å². The van der Waals surface area contributed by atoms with Crippen LogP contribution in [0.3, 0.4) is 0 Å². The minimum atomic E-state index is -1.23. The number of hydrogen-bond acceptors (Lipinski definition) is 5. The van der Waals surface area contributed by atoms with Gasteiger partial charge in [0, 0.05) is 18.8 Å². The lowest BCUT2D eigenvalue weighted by Crippen LogP contribution is -2.57. The molecule has 1 spiro atoms. The highest BCUT2D eigenvalue weighted by atomic mass is 16.6. The van der Waals surface area contributed by atoms with Crippen LogP contribution in [0.25, 0.3) is 0 Å². The quantitative estimate of drug-likeness (QED) is 0.508. The van der Waals surface area contributed by atoms with Crippen LogP contribution in [0.4, 0.5) is 10.5 Å². The zero-order valence-corrected chi connectivity index (χ0v) is 22.3. The fraction of sp³-hybridized carbons (Fsp3) is 0.400. The van der Waals surface area contributed by atoms with Crippen molar-refractivity contribution in [1.82, 2.24) is 9.80 Å². The van der Waals surface area contributed by atoms with E-state index in [9.17, 15) is 19.2 Å². The van der Waals surface area contributed by atoms with Crippen LogP contribution in [-0.2, 0) is 31.1 Å². The molecule has 204 valence electrons. The minimum Gasteiger partial charge on any atom is -0.445 e. The molecule has 9 heteroatoms. The molecule has 3 aliphatic rings. The summed E-state index contributed by atoms with van der Waals surface area (Å²) in [7, 11) is 0. The van der Waals surface area contributed by atoms with E-state index in [1.807, 2.05) is 62.4 Å². The van der Waals surface area contributed by atoms with E-state index in [1.54, 1.807) is 12.1 Å². The zero-order valence-electron chi connectivity index (χ0n) is 22.3. The molecule has 0 radical (unpaired) electrons. The average molecular weight is 531 g/mol. The number of nitrogens with two attached hydrogens (primary N) is 1. The summed E-state index contributed by atoms with van der Waals surface area (Å²) in [5.74, 6) is -1.43. The zero-order chi connectivity index (χ0) is 27.9. The van der Waals surface area contributed by atoms with Crippen molar-refractivity contribution < 1.29 is 23.9 Å². The highest BCUT2D eigenvalue weighted by Gasteiger charge is 2.69. The average Bonchev–Trinajstić information content (AvgIpc) is 3.46. The number of carbonyl (C=O) groups is 4. The van der Waals surface area contributed by atoms with Gasteiger partial charge in [-0.25, -0.2) is 4.79 Å². The topological polar surface area (TPSA) is 122 Å². The van der Waals surface area contributed by atoms with E-state index >= 15 is 0 Å². The van der Waals surface area contributed by atoms with Gasteiger partial charge in [0.25, 0.3) is 0 Å². The summed E-state index contributed by atoms with van der Waals surface area (Å²) < 4.78 is 5.65. The number of benzene rings is 2. The Bertz CT molecular complexity index is 1330.